The van der Waals surface area contributed by atoms with Crippen molar-refractivity contribution >= 4 is 11.6 Å². The van der Waals surface area contributed by atoms with Crippen molar-refractivity contribution < 1.29 is 9.90 Å². The van der Waals surface area contributed by atoms with Crippen LogP contribution >= 0.6 is 0 Å². The van der Waals surface area contributed by atoms with Crippen LogP contribution in [0.25, 0.3) is 0 Å². The van der Waals surface area contributed by atoms with Crippen molar-refractivity contribution in [3.8, 4) is 0 Å². The topological polar surface area (TPSA) is 61.4 Å². The fourth-order valence-corrected chi connectivity index (χ4v) is 1.76. The van der Waals surface area contributed by atoms with Crippen LogP contribution in [0.15, 0.2) is 24.3 Å². The average Bonchev–Trinajstić information content (AvgIpc) is 2.42. The van der Waals surface area contributed by atoms with E-state index in [-0.39, 0.29) is 24.5 Å². The number of hydrogen-bond donors (Lipinski definition) is 3. The number of benzene rings is 1. The normalized spacial score (nSPS) is 12.3. The number of nitrogens with one attached hydrogen (secondary N) is 2. The van der Waals surface area contributed by atoms with Crippen molar-refractivity contribution in [2.75, 3.05) is 18.5 Å². The molecule has 0 aliphatic rings. The first-order chi connectivity index (χ1) is 9.10. The van der Waals surface area contributed by atoms with Gasteiger partial charge in [0.15, 0.2) is 0 Å². The Morgan fingerprint density at radius 2 is 2.00 bits per heavy atom. The molecule has 0 aromatic heterocycles. The second kappa shape index (κ2) is 7.79. The Morgan fingerprint density at radius 3 is 2.58 bits per heavy atom. The first kappa shape index (κ1) is 15.5. The van der Waals surface area contributed by atoms with Crippen molar-refractivity contribution in [3.05, 3.63) is 29.8 Å². The van der Waals surface area contributed by atoms with E-state index in [4.69, 9.17) is 0 Å². The Labute approximate surface area is 115 Å². The van der Waals surface area contributed by atoms with Gasteiger partial charge < -0.3 is 15.7 Å². The second-order valence-electron chi connectivity index (χ2n) is 4.98. The van der Waals surface area contributed by atoms with Crippen LogP contribution in [0.2, 0.25) is 0 Å². The van der Waals surface area contributed by atoms with Gasteiger partial charge >= 0.3 is 0 Å². The molecule has 19 heavy (non-hydrogen) atoms. The zero-order valence-corrected chi connectivity index (χ0v) is 11.9. The first-order valence-corrected chi connectivity index (χ1v) is 6.84. The Balaban J connectivity index is 2.81. The largest absolute Gasteiger partial charge is 0.394 e. The molecule has 0 aliphatic carbocycles. The molecular formula is C15H24N2O2. The summed E-state index contributed by atoms with van der Waals surface area (Å²) in [5, 5.41) is 15.4. The van der Waals surface area contributed by atoms with Crippen molar-refractivity contribution in [3.63, 3.8) is 0 Å². The zero-order chi connectivity index (χ0) is 14.3. The van der Waals surface area contributed by atoms with Crippen LogP contribution in [0.3, 0.4) is 0 Å². The molecule has 106 valence electrons. The quantitative estimate of drug-likeness (QED) is 0.708. The minimum atomic E-state index is -0.216. The molecule has 0 heterocycles. The molecule has 4 heteroatoms. The van der Waals surface area contributed by atoms with Crippen molar-refractivity contribution in [2.24, 2.45) is 5.92 Å². The number of carbonyl (C=O) groups excluding carboxylic acids is 1. The Hall–Kier alpha value is -1.55. The molecule has 4 nitrogen and oxygen atoms in total. The fourth-order valence-electron chi connectivity index (χ4n) is 1.76. The van der Waals surface area contributed by atoms with E-state index < -0.39 is 0 Å². The Bertz CT molecular complexity index is 405. The van der Waals surface area contributed by atoms with E-state index in [1.54, 1.807) is 6.07 Å². The summed E-state index contributed by atoms with van der Waals surface area (Å²) in [7, 11) is 0. The van der Waals surface area contributed by atoms with Gasteiger partial charge in [-0.25, -0.2) is 0 Å². The molecule has 0 spiro atoms. The molecule has 1 rings (SSSR count). The molecule has 0 fully saturated rings. The SMILES string of the molecule is CCCNc1ccccc1C(=O)N[C@H](CO)C(C)C. The van der Waals surface area contributed by atoms with Crippen LogP contribution in [0.4, 0.5) is 5.69 Å². The van der Waals surface area contributed by atoms with Gasteiger partial charge in [0.05, 0.1) is 18.2 Å². The number of amides is 1. The van der Waals surface area contributed by atoms with E-state index in [1.807, 2.05) is 32.0 Å². The first-order valence-electron chi connectivity index (χ1n) is 6.84. The summed E-state index contributed by atoms with van der Waals surface area (Å²) < 4.78 is 0. The number of carbonyl (C=O) groups is 1. The molecule has 0 aliphatic heterocycles. The van der Waals surface area contributed by atoms with Crippen LogP contribution in [-0.4, -0.2) is 30.2 Å². The maximum Gasteiger partial charge on any atom is 0.253 e. The van der Waals surface area contributed by atoms with E-state index >= 15 is 0 Å². The summed E-state index contributed by atoms with van der Waals surface area (Å²) in [5.41, 5.74) is 1.46. The third kappa shape index (κ3) is 4.56. The number of hydrogen-bond acceptors (Lipinski definition) is 3. The third-order valence-electron chi connectivity index (χ3n) is 3.06. The lowest BCUT2D eigenvalue weighted by Crippen LogP contribution is -2.41. The Kier molecular flexibility index (Phi) is 6.36. The predicted octanol–water partition coefficient (Wildman–Crippen LogP) is 2.26. The molecule has 0 unspecified atom stereocenters. The van der Waals surface area contributed by atoms with Gasteiger partial charge in [-0.15, -0.1) is 0 Å². The van der Waals surface area contributed by atoms with Gasteiger partial charge in [0.25, 0.3) is 5.91 Å². The van der Waals surface area contributed by atoms with Gasteiger partial charge in [0.2, 0.25) is 0 Å². The lowest BCUT2D eigenvalue weighted by atomic mass is 10.0. The van der Waals surface area contributed by atoms with Crippen LogP contribution in [0.5, 0.6) is 0 Å². The summed E-state index contributed by atoms with van der Waals surface area (Å²) in [4.78, 5) is 12.2. The molecule has 3 N–H and O–H groups in total. The standard InChI is InChI=1S/C15H24N2O2/c1-4-9-16-13-8-6-5-7-12(13)15(19)17-14(10-18)11(2)3/h5-8,11,14,16,18H,4,9-10H2,1-3H3,(H,17,19)/t14-/m1/s1. The van der Waals surface area contributed by atoms with Gasteiger partial charge in [-0.2, -0.15) is 0 Å². The monoisotopic (exact) mass is 264 g/mol. The van der Waals surface area contributed by atoms with Crippen molar-refractivity contribution in [2.45, 2.75) is 33.2 Å². The summed E-state index contributed by atoms with van der Waals surface area (Å²) in [6, 6.07) is 7.22. The molecule has 0 radical (unpaired) electrons. The number of rotatable bonds is 7. The molecule has 0 bridgehead atoms. The van der Waals surface area contributed by atoms with Gasteiger partial charge in [-0.1, -0.05) is 32.9 Å². The molecule has 0 saturated heterocycles. The van der Waals surface area contributed by atoms with Crippen molar-refractivity contribution in [1.29, 1.82) is 0 Å². The van der Waals surface area contributed by atoms with Crippen LogP contribution < -0.4 is 10.6 Å². The lowest BCUT2D eigenvalue weighted by Gasteiger charge is -2.21. The number of para-hydroxylation sites is 1. The molecule has 0 saturated carbocycles. The molecule has 1 aromatic rings. The van der Waals surface area contributed by atoms with Gasteiger partial charge in [-0.05, 0) is 24.5 Å². The Morgan fingerprint density at radius 1 is 1.32 bits per heavy atom. The van der Waals surface area contributed by atoms with E-state index in [9.17, 15) is 9.90 Å². The highest BCUT2D eigenvalue weighted by Gasteiger charge is 2.17. The highest BCUT2D eigenvalue weighted by Crippen LogP contribution is 2.15. The third-order valence-corrected chi connectivity index (χ3v) is 3.06. The average molecular weight is 264 g/mol. The van der Waals surface area contributed by atoms with E-state index in [0.29, 0.717) is 5.56 Å². The smallest absolute Gasteiger partial charge is 0.253 e. The van der Waals surface area contributed by atoms with Crippen LogP contribution in [-0.2, 0) is 0 Å². The number of aliphatic hydroxyl groups is 1. The van der Waals surface area contributed by atoms with Gasteiger partial charge in [-0.3, -0.25) is 4.79 Å². The highest BCUT2D eigenvalue weighted by molar-refractivity contribution is 5.99. The van der Waals surface area contributed by atoms with Crippen LogP contribution in [0.1, 0.15) is 37.6 Å². The van der Waals surface area contributed by atoms with Gasteiger partial charge in [0, 0.05) is 12.2 Å². The summed E-state index contributed by atoms with van der Waals surface area (Å²) in [6.07, 6.45) is 1.00. The lowest BCUT2D eigenvalue weighted by molar-refractivity contribution is 0.0897. The van der Waals surface area contributed by atoms with Crippen LogP contribution in [0, 0.1) is 5.92 Å². The summed E-state index contributed by atoms with van der Waals surface area (Å²) >= 11 is 0. The predicted molar refractivity (Wildman–Crippen MR) is 78.4 cm³/mol. The summed E-state index contributed by atoms with van der Waals surface area (Å²) in [6.45, 7) is 6.81. The minimum absolute atomic E-state index is 0.0477. The molecule has 1 amide bonds. The van der Waals surface area contributed by atoms with Crippen molar-refractivity contribution in [1.82, 2.24) is 5.32 Å². The van der Waals surface area contributed by atoms with E-state index in [2.05, 4.69) is 17.6 Å². The summed E-state index contributed by atoms with van der Waals surface area (Å²) in [5.74, 6) is 0.0525. The van der Waals surface area contributed by atoms with E-state index in [1.165, 1.54) is 0 Å². The molecular weight excluding hydrogens is 240 g/mol. The maximum absolute atomic E-state index is 12.2. The van der Waals surface area contributed by atoms with Gasteiger partial charge in [0.1, 0.15) is 0 Å². The second-order valence-corrected chi connectivity index (χ2v) is 4.98. The van der Waals surface area contributed by atoms with E-state index in [0.717, 1.165) is 18.7 Å². The maximum atomic E-state index is 12.2. The zero-order valence-electron chi connectivity index (χ0n) is 11.9. The molecule has 1 atom stereocenters. The number of aliphatic hydroxyl groups excluding tert-OH is 1. The number of anilines is 1. The fraction of sp³-hybridized carbons (Fsp3) is 0.533. The highest BCUT2D eigenvalue weighted by atomic mass is 16.3. The minimum Gasteiger partial charge on any atom is -0.394 e. The molecule has 1 aromatic carbocycles.